The summed E-state index contributed by atoms with van der Waals surface area (Å²) in [4.78, 5) is 23.4. The van der Waals surface area contributed by atoms with Crippen LogP contribution >= 0.6 is 0 Å². The van der Waals surface area contributed by atoms with E-state index in [1.807, 2.05) is 69.3 Å². The second kappa shape index (κ2) is 9.19. The molecule has 0 spiro atoms. The zero-order chi connectivity index (χ0) is 20.8. The van der Waals surface area contributed by atoms with Crippen molar-refractivity contribution in [2.45, 2.75) is 33.4 Å². The molecule has 0 aliphatic carbocycles. The van der Waals surface area contributed by atoms with Gasteiger partial charge in [0.25, 0.3) is 5.91 Å². The molecular weight excluding hydrogens is 364 g/mol. The van der Waals surface area contributed by atoms with Crippen LogP contribution in [0.2, 0.25) is 0 Å². The zero-order valence-electron chi connectivity index (χ0n) is 17.2. The fraction of sp³-hybridized carbons (Fsp3) is 0.261. The quantitative estimate of drug-likeness (QED) is 0.639. The molecule has 6 heteroatoms. The van der Waals surface area contributed by atoms with Gasteiger partial charge in [-0.2, -0.15) is 0 Å². The Kier molecular flexibility index (Phi) is 6.44. The summed E-state index contributed by atoms with van der Waals surface area (Å²) in [7, 11) is 1.62. The first kappa shape index (κ1) is 20.3. The number of nitrogens with one attached hydrogen (secondary N) is 1. The summed E-state index contributed by atoms with van der Waals surface area (Å²) in [6, 6.07) is 17.5. The highest BCUT2D eigenvalue weighted by atomic mass is 16.5. The van der Waals surface area contributed by atoms with E-state index in [0.29, 0.717) is 23.8 Å². The molecule has 29 heavy (non-hydrogen) atoms. The number of benzene rings is 2. The number of nitrogens with zero attached hydrogens (tertiary/aromatic N) is 3. The van der Waals surface area contributed by atoms with Crippen molar-refractivity contribution < 1.29 is 9.53 Å². The standard InChI is InChI=1S/C23H26N4O2/c1-16(2)27(14-18-8-6-5-7-9-18)23(28)20-13-22(25-15-24-20)26-19-12-17(3)10-11-21(19)29-4/h5-13,15-16H,14H2,1-4H3,(H,24,25,26). The molecule has 1 amide bonds. The number of methoxy groups -OCH3 is 1. The molecule has 0 bridgehead atoms. The average molecular weight is 390 g/mol. The highest BCUT2D eigenvalue weighted by molar-refractivity contribution is 5.93. The lowest BCUT2D eigenvalue weighted by atomic mass is 10.1. The number of ether oxygens (including phenoxy) is 1. The number of carbonyl (C=O) groups excluding carboxylic acids is 1. The fourth-order valence-electron chi connectivity index (χ4n) is 3.02. The van der Waals surface area contributed by atoms with Gasteiger partial charge in [0.2, 0.25) is 0 Å². The second-order valence-electron chi connectivity index (χ2n) is 7.13. The molecule has 3 rings (SSSR count). The normalized spacial score (nSPS) is 10.7. The predicted octanol–water partition coefficient (Wildman–Crippen LogP) is 4.59. The topological polar surface area (TPSA) is 67.3 Å². The van der Waals surface area contributed by atoms with E-state index in [1.165, 1.54) is 6.33 Å². The Morgan fingerprint density at radius 1 is 1.10 bits per heavy atom. The molecule has 0 radical (unpaired) electrons. The number of aromatic nitrogens is 2. The largest absolute Gasteiger partial charge is 0.495 e. The van der Waals surface area contributed by atoms with E-state index in [0.717, 1.165) is 16.8 Å². The smallest absolute Gasteiger partial charge is 0.273 e. The number of amides is 1. The lowest BCUT2D eigenvalue weighted by Gasteiger charge is -2.26. The Balaban J connectivity index is 1.84. The van der Waals surface area contributed by atoms with Crippen LogP contribution in [0.1, 0.15) is 35.5 Å². The summed E-state index contributed by atoms with van der Waals surface area (Å²) in [6.45, 7) is 6.52. The van der Waals surface area contributed by atoms with E-state index < -0.39 is 0 Å². The minimum absolute atomic E-state index is 0.0333. The van der Waals surface area contributed by atoms with Gasteiger partial charge in [-0.05, 0) is 44.0 Å². The average Bonchev–Trinajstić information content (AvgIpc) is 2.72. The van der Waals surface area contributed by atoms with Gasteiger partial charge >= 0.3 is 0 Å². The van der Waals surface area contributed by atoms with Gasteiger partial charge in [-0.3, -0.25) is 4.79 Å². The summed E-state index contributed by atoms with van der Waals surface area (Å²) < 4.78 is 5.41. The van der Waals surface area contributed by atoms with Crippen molar-refractivity contribution in [3.05, 3.63) is 77.7 Å². The molecule has 0 fully saturated rings. The van der Waals surface area contributed by atoms with Gasteiger partial charge in [-0.15, -0.1) is 0 Å². The molecule has 1 N–H and O–H groups in total. The molecule has 1 heterocycles. The monoisotopic (exact) mass is 390 g/mol. The van der Waals surface area contributed by atoms with Crippen molar-refractivity contribution in [2.24, 2.45) is 0 Å². The summed E-state index contributed by atoms with van der Waals surface area (Å²) in [5.74, 6) is 1.11. The Morgan fingerprint density at radius 2 is 1.86 bits per heavy atom. The summed E-state index contributed by atoms with van der Waals surface area (Å²) in [6.07, 6.45) is 1.40. The van der Waals surface area contributed by atoms with E-state index >= 15 is 0 Å². The fourth-order valence-corrected chi connectivity index (χ4v) is 3.02. The number of aryl methyl sites for hydroxylation is 1. The molecule has 0 aliphatic rings. The van der Waals surface area contributed by atoms with Gasteiger partial charge in [-0.1, -0.05) is 36.4 Å². The van der Waals surface area contributed by atoms with Crippen LogP contribution in [0, 0.1) is 6.92 Å². The van der Waals surface area contributed by atoms with E-state index in [1.54, 1.807) is 18.1 Å². The van der Waals surface area contributed by atoms with Crippen LogP contribution in [0.4, 0.5) is 11.5 Å². The third-order valence-corrected chi connectivity index (χ3v) is 4.58. The number of anilines is 2. The van der Waals surface area contributed by atoms with Gasteiger partial charge in [-0.25, -0.2) is 9.97 Å². The van der Waals surface area contributed by atoms with Crippen LogP contribution in [-0.4, -0.2) is 33.9 Å². The van der Waals surface area contributed by atoms with E-state index in [2.05, 4.69) is 15.3 Å². The lowest BCUT2D eigenvalue weighted by molar-refractivity contribution is 0.0684. The summed E-state index contributed by atoms with van der Waals surface area (Å²) >= 11 is 0. The van der Waals surface area contributed by atoms with Gasteiger partial charge in [0.1, 0.15) is 23.6 Å². The first-order chi connectivity index (χ1) is 14.0. The maximum atomic E-state index is 13.2. The molecule has 3 aromatic rings. The predicted molar refractivity (Wildman–Crippen MR) is 114 cm³/mol. The van der Waals surface area contributed by atoms with Gasteiger partial charge in [0, 0.05) is 18.7 Å². The van der Waals surface area contributed by atoms with Crippen LogP contribution in [0.5, 0.6) is 5.75 Å². The lowest BCUT2D eigenvalue weighted by Crippen LogP contribution is -2.36. The molecule has 0 saturated carbocycles. The van der Waals surface area contributed by atoms with Crippen LogP contribution < -0.4 is 10.1 Å². The molecule has 0 atom stereocenters. The van der Waals surface area contributed by atoms with Gasteiger partial charge in [0.05, 0.1) is 12.8 Å². The zero-order valence-corrected chi connectivity index (χ0v) is 17.2. The van der Waals surface area contributed by atoms with E-state index in [4.69, 9.17) is 4.74 Å². The van der Waals surface area contributed by atoms with Crippen LogP contribution in [0.3, 0.4) is 0 Å². The first-order valence-electron chi connectivity index (χ1n) is 9.56. The van der Waals surface area contributed by atoms with Crippen molar-refractivity contribution in [1.82, 2.24) is 14.9 Å². The van der Waals surface area contributed by atoms with Crippen molar-refractivity contribution in [3.63, 3.8) is 0 Å². The van der Waals surface area contributed by atoms with Crippen molar-refractivity contribution >= 4 is 17.4 Å². The maximum Gasteiger partial charge on any atom is 0.273 e. The Hall–Kier alpha value is -3.41. The maximum absolute atomic E-state index is 13.2. The number of carbonyl (C=O) groups is 1. The molecular formula is C23H26N4O2. The van der Waals surface area contributed by atoms with Crippen molar-refractivity contribution in [2.75, 3.05) is 12.4 Å². The summed E-state index contributed by atoms with van der Waals surface area (Å²) in [5, 5.41) is 3.23. The molecule has 0 unspecified atom stereocenters. The Morgan fingerprint density at radius 3 is 2.55 bits per heavy atom. The highest BCUT2D eigenvalue weighted by Crippen LogP contribution is 2.28. The molecule has 0 aliphatic heterocycles. The molecule has 6 nitrogen and oxygen atoms in total. The highest BCUT2D eigenvalue weighted by Gasteiger charge is 2.21. The number of hydrogen-bond donors (Lipinski definition) is 1. The SMILES string of the molecule is COc1ccc(C)cc1Nc1cc(C(=O)N(Cc2ccccc2)C(C)C)ncn1. The van der Waals surface area contributed by atoms with Crippen molar-refractivity contribution in [3.8, 4) is 5.75 Å². The third kappa shape index (κ3) is 5.10. The van der Waals surface area contributed by atoms with Crippen molar-refractivity contribution in [1.29, 1.82) is 0 Å². The number of hydrogen-bond acceptors (Lipinski definition) is 5. The van der Waals surface area contributed by atoms with E-state index in [9.17, 15) is 4.79 Å². The van der Waals surface area contributed by atoms with Crippen LogP contribution in [0.15, 0.2) is 60.9 Å². The molecule has 0 saturated heterocycles. The first-order valence-corrected chi connectivity index (χ1v) is 9.56. The molecule has 2 aromatic carbocycles. The minimum atomic E-state index is -0.134. The molecule has 150 valence electrons. The van der Waals surface area contributed by atoms with Gasteiger partial charge < -0.3 is 15.0 Å². The number of rotatable bonds is 7. The van der Waals surface area contributed by atoms with E-state index in [-0.39, 0.29) is 11.9 Å². The Labute approximate surface area is 171 Å². The van der Waals surface area contributed by atoms with Gasteiger partial charge in [0.15, 0.2) is 0 Å². The summed E-state index contributed by atoms with van der Waals surface area (Å²) in [5.41, 5.74) is 3.30. The third-order valence-electron chi connectivity index (χ3n) is 4.58. The van der Waals surface area contributed by atoms with Crippen LogP contribution in [-0.2, 0) is 6.54 Å². The minimum Gasteiger partial charge on any atom is -0.495 e. The Bertz CT molecular complexity index is 974. The second-order valence-corrected chi connectivity index (χ2v) is 7.13. The molecule has 1 aromatic heterocycles. The van der Waals surface area contributed by atoms with Crippen LogP contribution in [0.25, 0.3) is 0 Å².